The zero-order chi connectivity index (χ0) is 25.9. The Hall–Kier alpha value is -4.66. The van der Waals surface area contributed by atoms with Crippen LogP contribution in [0.1, 0.15) is 5.56 Å². The second-order valence-corrected chi connectivity index (χ2v) is 11.5. The molecule has 0 unspecified atom stereocenters. The lowest BCUT2D eigenvalue weighted by atomic mass is 9.97. The van der Waals surface area contributed by atoms with Crippen LogP contribution >= 0.6 is 11.3 Å². The zero-order valence-electron chi connectivity index (χ0n) is 21.5. The summed E-state index contributed by atoms with van der Waals surface area (Å²) in [4.78, 5) is 3.56. The molecule has 0 amide bonds. The number of thiophene rings is 1. The van der Waals surface area contributed by atoms with Crippen LogP contribution in [0.3, 0.4) is 0 Å². The van der Waals surface area contributed by atoms with Crippen molar-refractivity contribution in [2.45, 2.75) is 6.92 Å². The highest BCUT2D eigenvalue weighted by Gasteiger charge is 2.11. The molecule has 8 aromatic rings. The second kappa shape index (κ2) is 8.69. The number of rotatable bonds is 3. The van der Waals surface area contributed by atoms with E-state index in [2.05, 4.69) is 139 Å². The molecule has 0 aliphatic carbocycles. The van der Waals surface area contributed by atoms with Crippen molar-refractivity contribution in [3.63, 3.8) is 0 Å². The molecule has 0 saturated heterocycles. The Morgan fingerprint density at radius 2 is 1.03 bits per heavy atom. The number of hydrogen-bond acceptors (Lipinski definition) is 1. The first-order valence-corrected chi connectivity index (χ1v) is 14.2. The van der Waals surface area contributed by atoms with E-state index >= 15 is 0 Å². The van der Waals surface area contributed by atoms with Crippen LogP contribution in [0.15, 0.2) is 127 Å². The predicted octanol–water partition coefficient (Wildman–Crippen LogP) is 11.0. The van der Waals surface area contributed by atoms with Crippen molar-refractivity contribution in [1.82, 2.24) is 4.98 Å². The molecule has 0 aliphatic heterocycles. The molecule has 39 heavy (non-hydrogen) atoms. The van der Waals surface area contributed by atoms with E-state index in [1.807, 2.05) is 11.3 Å². The highest BCUT2D eigenvalue weighted by molar-refractivity contribution is 7.25. The number of benzene rings is 6. The van der Waals surface area contributed by atoms with E-state index in [-0.39, 0.29) is 0 Å². The van der Waals surface area contributed by atoms with E-state index in [0.29, 0.717) is 0 Å². The summed E-state index contributed by atoms with van der Waals surface area (Å²) >= 11 is 1.88. The Labute approximate surface area is 231 Å². The molecule has 1 nitrogen and oxygen atoms in total. The summed E-state index contributed by atoms with van der Waals surface area (Å²) in [6, 6.07) is 46.7. The molecule has 0 fully saturated rings. The van der Waals surface area contributed by atoms with Gasteiger partial charge in [-0.3, -0.25) is 0 Å². The molecule has 8 rings (SSSR count). The van der Waals surface area contributed by atoms with E-state index in [1.165, 1.54) is 80.9 Å². The van der Waals surface area contributed by atoms with Crippen LogP contribution in [-0.2, 0) is 0 Å². The van der Waals surface area contributed by atoms with Gasteiger partial charge in [0.1, 0.15) is 0 Å². The number of aromatic amines is 1. The Balaban J connectivity index is 1.20. The van der Waals surface area contributed by atoms with Crippen molar-refractivity contribution in [2.75, 3.05) is 0 Å². The summed E-state index contributed by atoms with van der Waals surface area (Å²) in [5.41, 5.74) is 11.1. The van der Waals surface area contributed by atoms with Gasteiger partial charge in [0.05, 0.1) is 0 Å². The Morgan fingerprint density at radius 1 is 0.410 bits per heavy atom. The average molecular weight is 516 g/mol. The number of fused-ring (bicyclic) bond motifs is 6. The fraction of sp³-hybridized carbons (Fsp3) is 0.0270. The first-order chi connectivity index (χ1) is 19.2. The van der Waals surface area contributed by atoms with Gasteiger partial charge in [0, 0.05) is 42.0 Å². The lowest BCUT2D eigenvalue weighted by molar-refractivity contribution is 1.49. The molecule has 184 valence electrons. The molecule has 0 atom stereocenters. The van der Waals surface area contributed by atoms with Crippen LogP contribution in [0, 0.1) is 6.92 Å². The molecule has 1 N–H and O–H groups in total. The van der Waals surface area contributed by atoms with Gasteiger partial charge in [-0.1, -0.05) is 84.4 Å². The van der Waals surface area contributed by atoms with Gasteiger partial charge < -0.3 is 4.98 Å². The molecule has 2 heteroatoms. The van der Waals surface area contributed by atoms with Crippen molar-refractivity contribution < 1.29 is 0 Å². The van der Waals surface area contributed by atoms with Gasteiger partial charge in [-0.2, -0.15) is 0 Å². The summed E-state index contributed by atoms with van der Waals surface area (Å²) in [6.07, 6.45) is 0. The third kappa shape index (κ3) is 3.76. The molecule has 6 aromatic carbocycles. The van der Waals surface area contributed by atoms with Crippen LogP contribution < -0.4 is 0 Å². The number of nitrogens with one attached hydrogen (secondary N) is 1. The normalized spacial score (nSPS) is 11.7. The summed E-state index contributed by atoms with van der Waals surface area (Å²) in [5, 5.41) is 5.22. The Morgan fingerprint density at radius 3 is 1.87 bits per heavy atom. The van der Waals surface area contributed by atoms with Gasteiger partial charge in [0.2, 0.25) is 0 Å². The second-order valence-electron chi connectivity index (χ2n) is 10.4. The molecule has 0 aliphatic rings. The van der Waals surface area contributed by atoms with Crippen molar-refractivity contribution in [3.8, 4) is 33.4 Å². The summed E-state index contributed by atoms with van der Waals surface area (Å²) in [6.45, 7) is 2.15. The van der Waals surface area contributed by atoms with Gasteiger partial charge >= 0.3 is 0 Å². The topological polar surface area (TPSA) is 15.8 Å². The van der Waals surface area contributed by atoms with E-state index in [4.69, 9.17) is 0 Å². The molecular formula is C37H25NS. The highest BCUT2D eigenvalue weighted by Crippen LogP contribution is 2.39. The first kappa shape index (κ1) is 22.3. The van der Waals surface area contributed by atoms with Crippen molar-refractivity contribution in [2.24, 2.45) is 0 Å². The summed E-state index contributed by atoms with van der Waals surface area (Å²) in [5.74, 6) is 0. The largest absolute Gasteiger partial charge is 0.355 e. The zero-order valence-corrected chi connectivity index (χ0v) is 22.3. The number of aromatic nitrogens is 1. The maximum Gasteiger partial charge on any atom is 0.0465 e. The summed E-state index contributed by atoms with van der Waals surface area (Å²) in [7, 11) is 0. The van der Waals surface area contributed by atoms with Crippen molar-refractivity contribution in [1.29, 1.82) is 0 Å². The van der Waals surface area contributed by atoms with E-state index < -0.39 is 0 Å². The number of aryl methyl sites for hydroxylation is 1. The lowest BCUT2D eigenvalue weighted by Crippen LogP contribution is -1.82. The SMILES string of the molecule is Cc1ccc2[nH]c3ccc(-c4cccc(-c5ccc6c(c5)sc5ccc(-c7ccccc7)cc56)c4)cc3c2c1. The van der Waals surface area contributed by atoms with E-state index in [1.54, 1.807) is 0 Å². The van der Waals surface area contributed by atoms with Gasteiger partial charge in [0.25, 0.3) is 0 Å². The highest BCUT2D eigenvalue weighted by atomic mass is 32.1. The smallest absolute Gasteiger partial charge is 0.0465 e. The number of H-pyrrole nitrogens is 1. The summed E-state index contributed by atoms with van der Waals surface area (Å²) < 4.78 is 2.66. The fourth-order valence-electron chi connectivity index (χ4n) is 5.84. The molecule has 2 aromatic heterocycles. The van der Waals surface area contributed by atoms with Crippen LogP contribution in [-0.4, -0.2) is 4.98 Å². The molecular weight excluding hydrogens is 490 g/mol. The van der Waals surface area contributed by atoms with Crippen LogP contribution in [0.5, 0.6) is 0 Å². The van der Waals surface area contributed by atoms with Gasteiger partial charge in [-0.25, -0.2) is 0 Å². The van der Waals surface area contributed by atoms with Gasteiger partial charge in [0.15, 0.2) is 0 Å². The Kier molecular flexibility index (Phi) is 4.98. The maximum atomic E-state index is 3.56. The van der Waals surface area contributed by atoms with E-state index in [0.717, 1.165) is 0 Å². The standard InChI is InChI=1S/C37H25NS/c1-23-10-15-34-31(18-23)32-20-28(12-16-35(32)38-34)25-8-5-9-26(19-25)29-11-14-30-33-21-27(24-6-3-2-4-7-24)13-17-36(33)39-37(30)22-29/h2-22,38H,1H3. The minimum Gasteiger partial charge on any atom is -0.355 e. The molecule has 0 spiro atoms. The molecule has 2 heterocycles. The lowest BCUT2D eigenvalue weighted by Gasteiger charge is -2.07. The van der Waals surface area contributed by atoms with Gasteiger partial charge in [-0.05, 0) is 88.8 Å². The van der Waals surface area contributed by atoms with E-state index in [9.17, 15) is 0 Å². The first-order valence-electron chi connectivity index (χ1n) is 13.3. The maximum absolute atomic E-state index is 3.56. The van der Waals surface area contributed by atoms with Gasteiger partial charge in [-0.15, -0.1) is 11.3 Å². The minimum atomic E-state index is 1.18. The fourth-order valence-corrected chi connectivity index (χ4v) is 6.96. The monoisotopic (exact) mass is 515 g/mol. The predicted molar refractivity (Wildman–Crippen MR) is 170 cm³/mol. The third-order valence-corrected chi connectivity index (χ3v) is 9.00. The molecule has 0 saturated carbocycles. The average Bonchev–Trinajstić information content (AvgIpc) is 3.54. The van der Waals surface area contributed by atoms with Crippen LogP contribution in [0.4, 0.5) is 0 Å². The van der Waals surface area contributed by atoms with Crippen molar-refractivity contribution >= 4 is 53.3 Å². The van der Waals surface area contributed by atoms with Crippen LogP contribution in [0.25, 0.3) is 75.4 Å². The minimum absolute atomic E-state index is 1.18. The number of hydrogen-bond donors (Lipinski definition) is 1. The molecule has 0 radical (unpaired) electrons. The quantitative estimate of drug-likeness (QED) is 0.241. The van der Waals surface area contributed by atoms with Crippen LogP contribution in [0.2, 0.25) is 0 Å². The third-order valence-electron chi connectivity index (χ3n) is 7.86. The Bertz CT molecular complexity index is 2180. The van der Waals surface area contributed by atoms with Crippen molar-refractivity contribution in [3.05, 3.63) is 133 Å². The molecule has 0 bridgehead atoms.